The second kappa shape index (κ2) is 14.9. The molecule has 2 N–H and O–H groups in total. The third kappa shape index (κ3) is 9.47. The van der Waals surface area contributed by atoms with Crippen LogP contribution in [0.15, 0.2) is 0 Å². The van der Waals surface area contributed by atoms with Gasteiger partial charge in [-0.2, -0.15) is 0 Å². The predicted molar refractivity (Wildman–Crippen MR) is 137 cm³/mol. The van der Waals surface area contributed by atoms with Gasteiger partial charge in [0.05, 0.1) is 13.2 Å². The maximum Gasteiger partial charge on any atom is 0.242 e. The van der Waals surface area contributed by atoms with Gasteiger partial charge in [0.25, 0.3) is 0 Å². The van der Waals surface area contributed by atoms with Crippen LogP contribution in [0.4, 0.5) is 0 Å². The molecule has 2 aliphatic heterocycles. The molecule has 200 valence electrons. The van der Waals surface area contributed by atoms with E-state index in [-0.39, 0.29) is 23.1 Å². The van der Waals surface area contributed by atoms with Gasteiger partial charge in [0, 0.05) is 44.6 Å². The minimum atomic E-state index is -0.510. The van der Waals surface area contributed by atoms with Gasteiger partial charge in [-0.05, 0) is 58.5 Å². The van der Waals surface area contributed by atoms with Crippen molar-refractivity contribution in [2.24, 2.45) is 0 Å². The maximum atomic E-state index is 13.3. The van der Waals surface area contributed by atoms with Crippen LogP contribution in [0.2, 0.25) is 0 Å². The molecular weight excluding hydrogens is 444 g/mol. The standard InChI is InChI=1S/C27H48N4O4/c1-23(32)10-4-2-5-11-24(29-25(33)12-17-30-15-8-3-9-16-30)26(34)28-22-27(13-6-7-14-27)31-18-20-35-21-19-31/h24H,2-22H2,1H3,(H,28,34)(H,29,33). The maximum absolute atomic E-state index is 13.3. The largest absolute Gasteiger partial charge is 0.379 e. The Morgan fingerprint density at radius 1 is 0.886 bits per heavy atom. The fourth-order valence-electron chi connectivity index (χ4n) is 5.93. The van der Waals surface area contributed by atoms with Crippen molar-refractivity contribution in [3.8, 4) is 0 Å². The minimum absolute atomic E-state index is 0.0176. The van der Waals surface area contributed by atoms with Gasteiger partial charge in [-0.15, -0.1) is 0 Å². The summed E-state index contributed by atoms with van der Waals surface area (Å²) in [5, 5.41) is 6.28. The van der Waals surface area contributed by atoms with Gasteiger partial charge >= 0.3 is 0 Å². The average molecular weight is 493 g/mol. The Bertz CT molecular complexity index is 668. The zero-order valence-electron chi connectivity index (χ0n) is 22.0. The molecule has 1 atom stereocenters. The van der Waals surface area contributed by atoms with Crippen LogP contribution in [0.1, 0.15) is 90.4 Å². The summed E-state index contributed by atoms with van der Waals surface area (Å²) < 4.78 is 5.56. The molecule has 1 saturated carbocycles. The quantitative estimate of drug-likeness (QED) is 0.362. The van der Waals surface area contributed by atoms with Crippen LogP contribution >= 0.6 is 0 Å². The van der Waals surface area contributed by atoms with Gasteiger partial charge in [-0.3, -0.25) is 14.5 Å². The Morgan fingerprint density at radius 2 is 1.60 bits per heavy atom. The SMILES string of the molecule is CC(=O)CCCCCC(NC(=O)CCN1CCCCC1)C(=O)NCC1(N2CCOCC2)CCCC1. The van der Waals surface area contributed by atoms with E-state index >= 15 is 0 Å². The first-order chi connectivity index (χ1) is 17.0. The summed E-state index contributed by atoms with van der Waals surface area (Å²) in [4.78, 5) is 42.2. The molecule has 0 aromatic rings. The highest BCUT2D eigenvalue weighted by molar-refractivity contribution is 5.87. The summed E-state index contributed by atoms with van der Waals surface area (Å²) in [5.41, 5.74) is 0.0176. The van der Waals surface area contributed by atoms with E-state index in [1.54, 1.807) is 6.92 Å². The molecule has 8 nitrogen and oxygen atoms in total. The van der Waals surface area contributed by atoms with Crippen LogP contribution in [0.25, 0.3) is 0 Å². The van der Waals surface area contributed by atoms with E-state index in [0.29, 0.717) is 25.8 Å². The van der Waals surface area contributed by atoms with Crippen LogP contribution in [-0.4, -0.2) is 91.5 Å². The highest BCUT2D eigenvalue weighted by atomic mass is 16.5. The Hall–Kier alpha value is -1.51. The van der Waals surface area contributed by atoms with Crippen molar-refractivity contribution >= 4 is 17.6 Å². The first-order valence-corrected chi connectivity index (χ1v) is 14.1. The van der Waals surface area contributed by atoms with Crippen molar-refractivity contribution in [1.29, 1.82) is 0 Å². The van der Waals surface area contributed by atoms with Crippen LogP contribution in [0.5, 0.6) is 0 Å². The normalized spacial score (nSPS) is 22.0. The molecule has 1 unspecified atom stereocenters. The summed E-state index contributed by atoms with van der Waals surface area (Å²) in [7, 11) is 0. The number of rotatable bonds is 14. The number of piperidine rings is 1. The number of carbonyl (C=O) groups is 3. The van der Waals surface area contributed by atoms with E-state index in [0.717, 1.165) is 78.0 Å². The number of carbonyl (C=O) groups excluding carboxylic acids is 3. The molecule has 3 aliphatic rings. The van der Waals surface area contributed by atoms with Crippen LogP contribution in [-0.2, 0) is 19.1 Å². The van der Waals surface area contributed by atoms with E-state index in [4.69, 9.17) is 4.74 Å². The number of nitrogens with zero attached hydrogens (tertiary/aromatic N) is 2. The average Bonchev–Trinajstić information content (AvgIpc) is 3.36. The topological polar surface area (TPSA) is 91.0 Å². The van der Waals surface area contributed by atoms with E-state index < -0.39 is 6.04 Å². The Labute approximate surface area is 211 Å². The molecule has 2 saturated heterocycles. The van der Waals surface area contributed by atoms with Gasteiger partial charge in [0.15, 0.2) is 0 Å². The number of ketones is 1. The van der Waals surface area contributed by atoms with Gasteiger partial charge in [-0.1, -0.05) is 32.1 Å². The summed E-state index contributed by atoms with van der Waals surface area (Å²) in [6.45, 7) is 8.50. The number of likely N-dealkylation sites (tertiary alicyclic amines) is 1. The lowest BCUT2D eigenvalue weighted by atomic mass is 9.94. The zero-order valence-corrected chi connectivity index (χ0v) is 22.0. The Balaban J connectivity index is 1.52. The molecule has 35 heavy (non-hydrogen) atoms. The molecular formula is C27H48N4O4. The Kier molecular flexibility index (Phi) is 12.0. The monoisotopic (exact) mass is 492 g/mol. The number of hydrogen-bond donors (Lipinski definition) is 2. The van der Waals surface area contributed by atoms with Gasteiger partial charge in [-0.25, -0.2) is 0 Å². The molecule has 2 heterocycles. The van der Waals surface area contributed by atoms with E-state index in [1.807, 2.05) is 0 Å². The lowest BCUT2D eigenvalue weighted by molar-refractivity contribution is -0.130. The van der Waals surface area contributed by atoms with Crippen LogP contribution in [0.3, 0.4) is 0 Å². The number of amides is 2. The number of Topliss-reactive ketones (excluding diaryl/α,β-unsaturated/α-hetero) is 1. The molecule has 3 fully saturated rings. The van der Waals surface area contributed by atoms with Crippen molar-refractivity contribution in [1.82, 2.24) is 20.4 Å². The second-order valence-electron chi connectivity index (χ2n) is 10.8. The molecule has 8 heteroatoms. The third-order valence-corrected chi connectivity index (χ3v) is 8.08. The van der Waals surface area contributed by atoms with Crippen LogP contribution in [0, 0.1) is 0 Å². The Morgan fingerprint density at radius 3 is 2.29 bits per heavy atom. The molecule has 1 aliphatic carbocycles. The molecule has 0 bridgehead atoms. The van der Waals surface area contributed by atoms with Crippen LogP contribution < -0.4 is 10.6 Å². The highest BCUT2D eigenvalue weighted by Gasteiger charge is 2.40. The van der Waals surface area contributed by atoms with E-state index in [2.05, 4.69) is 20.4 Å². The first kappa shape index (κ1) is 28.1. The molecule has 0 spiro atoms. The lowest BCUT2D eigenvalue weighted by Gasteiger charge is -2.43. The molecule has 0 aromatic heterocycles. The minimum Gasteiger partial charge on any atom is -0.379 e. The smallest absolute Gasteiger partial charge is 0.242 e. The summed E-state index contributed by atoms with van der Waals surface area (Å²) in [6.07, 6.45) is 12.5. The lowest BCUT2D eigenvalue weighted by Crippen LogP contribution is -2.59. The fraction of sp³-hybridized carbons (Fsp3) is 0.889. The van der Waals surface area contributed by atoms with Crippen molar-refractivity contribution in [2.45, 2.75) is 102 Å². The molecule has 0 radical (unpaired) electrons. The number of nitrogens with one attached hydrogen (secondary N) is 2. The van der Waals surface area contributed by atoms with E-state index in [9.17, 15) is 14.4 Å². The highest BCUT2D eigenvalue weighted by Crippen LogP contribution is 2.35. The molecule has 0 aromatic carbocycles. The van der Waals surface area contributed by atoms with Crippen molar-refractivity contribution in [3.63, 3.8) is 0 Å². The summed E-state index contributed by atoms with van der Waals surface area (Å²) >= 11 is 0. The molecule has 3 rings (SSSR count). The predicted octanol–water partition coefficient (Wildman–Crippen LogP) is 2.65. The molecule has 2 amide bonds. The van der Waals surface area contributed by atoms with E-state index in [1.165, 1.54) is 32.1 Å². The number of unbranched alkanes of at least 4 members (excludes halogenated alkanes) is 2. The second-order valence-corrected chi connectivity index (χ2v) is 10.8. The van der Waals surface area contributed by atoms with Gasteiger partial charge in [0.2, 0.25) is 11.8 Å². The summed E-state index contributed by atoms with van der Waals surface area (Å²) in [5.74, 6) is 0.0981. The third-order valence-electron chi connectivity index (χ3n) is 8.08. The first-order valence-electron chi connectivity index (χ1n) is 14.1. The zero-order chi connectivity index (χ0) is 24.9. The summed E-state index contributed by atoms with van der Waals surface area (Å²) in [6, 6.07) is -0.510. The van der Waals surface area contributed by atoms with Gasteiger partial charge in [0.1, 0.15) is 11.8 Å². The number of hydrogen-bond acceptors (Lipinski definition) is 6. The van der Waals surface area contributed by atoms with Crippen molar-refractivity contribution in [2.75, 3.05) is 52.5 Å². The fourth-order valence-corrected chi connectivity index (χ4v) is 5.93. The number of ether oxygens (including phenoxy) is 1. The van der Waals surface area contributed by atoms with Crippen molar-refractivity contribution in [3.05, 3.63) is 0 Å². The van der Waals surface area contributed by atoms with Gasteiger partial charge < -0.3 is 25.1 Å². The van der Waals surface area contributed by atoms with Crippen molar-refractivity contribution < 1.29 is 19.1 Å². The number of morpholine rings is 1.